The van der Waals surface area contributed by atoms with E-state index in [4.69, 9.17) is 20.3 Å². The van der Waals surface area contributed by atoms with Gasteiger partial charge >= 0.3 is 5.97 Å². The van der Waals surface area contributed by atoms with Crippen molar-refractivity contribution < 1.29 is 19.4 Å². The molecule has 3 N–H and O–H groups in total. The second kappa shape index (κ2) is 11.1. The number of fused-ring (bicyclic) bond motifs is 3. The lowest BCUT2D eigenvalue weighted by molar-refractivity contribution is -0.252. The Morgan fingerprint density at radius 1 is 1.13 bits per heavy atom. The molecule has 2 heterocycles. The van der Waals surface area contributed by atoms with E-state index >= 15 is 0 Å². The number of hydrogen-bond acceptors (Lipinski definition) is 6. The van der Waals surface area contributed by atoms with Crippen LogP contribution in [0.25, 0.3) is 0 Å². The molecule has 1 aliphatic heterocycles. The lowest BCUT2D eigenvalue weighted by Crippen LogP contribution is -2.69. The van der Waals surface area contributed by atoms with Gasteiger partial charge in [0.25, 0.3) is 0 Å². The third-order valence-electron chi connectivity index (χ3n) is 15.8. The van der Waals surface area contributed by atoms with Crippen molar-refractivity contribution in [3.8, 4) is 0 Å². The highest BCUT2D eigenvalue weighted by atomic mass is 16.5. The number of carboxylic acids is 1. The van der Waals surface area contributed by atoms with Crippen molar-refractivity contribution >= 4 is 5.97 Å². The van der Waals surface area contributed by atoms with Crippen LogP contribution in [-0.4, -0.2) is 57.3 Å². The summed E-state index contributed by atoms with van der Waals surface area (Å²) in [6, 6.07) is 0.00434. The van der Waals surface area contributed by atoms with E-state index in [9.17, 15) is 9.90 Å². The normalized spacial score (nSPS) is 45.7. The van der Waals surface area contributed by atoms with E-state index in [1.807, 2.05) is 11.0 Å². The molecule has 258 valence electrons. The highest BCUT2D eigenvalue weighted by Crippen LogP contribution is 2.75. The maximum atomic E-state index is 13.4. The zero-order valence-corrected chi connectivity index (χ0v) is 30.3. The van der Waals surface area contributed by atoms with Gasteiger partial charge in [0.05, 0.1) is 37.9 Å². The standard InChI is InChI=1S/C38H62N4O4/c1-23(2)25(5)33(6)15-16-35(8)26-11-12-29-34(7)18-45-20-38(29,27(26)13-14-36(35,9)30(33)32(43)44)17-28(42-22-40-21-41-42)31(34)46-19-37(10,39)24(3)4/h13,21-26,28-31H,11-12,14-20,39H2,1-10H3,(H,43,44)/t25-,26+,28-,29+,30-,31+,33-,34?,35-,36+,37+,38+/m1/s1. The van der Waals surface area contributed by atoms with E-state index in [1.54, 1.807) is 6.33 Å². The Hall–Kier alpha value is -1.77. The molecule has 0 spiro atoms. The number of nitrogens with zero attached hydrogens (tertiary/aromatic N) is 3. The Balaban J connectivity index is 1.43. The maximum absolute atomic E-state index is 13.4. The summed E-state index contributed by atoms with van der Waals surface area (Å²) in [5, 5.41) is 15.7. The third kappa shape index (κ3) is 4.58. The van der Waals surface area contributed by atoms with Crippen molar-refractivity contribution in [1.82, 2.24) is 14.8 Å². The van der Waals surface area contributed by atoms with Gasteiger partial charge < -0.3 is 20.3 Å². The lowest BCUT2D eigenvalue weighted by atomic mass is 9.34. The summed E-state index contributed by atoms with van der Waals surface area (Å²) in [7, 11) is 0. The SMILES string of the molecule is CC(C)[C@@H](C)[C@@]1(C)CC[C@]2(C)[C@H]3CC[C@H]4C5(C)COC[C@@]4(C[C@@H](n4cncn4)[C@@H]5OC[C@](C)(N)C(C)C)C3=CC[C@@]2(C)[C@@H]1C(=O)O. The van der Waals surface area contributed by atoms with E-state index in [0.29, 0.717) is 43.5 Å². The molecule has 2 bridgehead atoms. The van der Waals surface area contributed by atoms with Gasteiger partial charge in [0.15, 0.2) is 0 Å². The summed E-state index contributed by atoms with van der Waals surface area (Å²) in [5.74, 6) is 0.771. The molecular weight excluding hydrogens is 576 g/mol. The fraction of sp³-hybridized carbons (Fsp3) is 0.868. The van der Waals surface area contributed by atoms with Crippen molar-refractivity contribution in [3.05, 3.63) is 24.3 Å². The van der Waals surface area contributed by atoms with Gasteiger partial charge in [-0.15, -0.1) is 0 Å². The van der Waals surface area contributed by atoms with Crippen LogP contribution in [0.3, 0.4) is 0 Å². The zero-order chi connectivity index (χ0) is 33.7. The van der Waals surface area contributed by atoms with Crippen LogP contribution in [-0.2, 0) is 14.3 Å². The molecule has 0 radical (unpaired) electrons. The molecule has 3 saturated carbocycles. The molecule has 1 unspecified atom stereocenters. The largest absolute Gasteiger partial charge is 0.481 e. The number of rotatable bonds is 8. The van der Waals surface area contributed by atoms with Crippen LogP contribution in [0.1, 0.15) is 114 Å². The zero-order valence-electron chi connectivity index (χ0n) is 30.3. The van der Waals surface area contributed by atoms with E-state index < -0.39 is 17.4 Å². The van der Waals surface area contributed by atoms with Crippen LogP contribution in [0, 0.1) is 62.6 Å². The van der Waals surface area contributed by atoms with Gasteiger partial charge in [0.1, 0.15) is 12.7 Å². The van der Waals surface area contributed by atoms with Crippen molar-refractivity contribution in [2.45, 2.75) is 125 Å². The third-order valence-corrected chi connectivity index (χ3v) is 15.8. The number of carboxylic acid groups (broad SMARTS) is 1. The first-order valence-corrected chi connectivity index (χ1v) is 18.1. The fourth-order valence-corrected chi connectivity index (χ4v) is 12.0. The molecule has 46 heavy (non-hydrogen) atoms. The van der Waals surface area contributed by atoms with Crippen LogP contribution >= 0.6 is 0 Å². The van der Waals surface area contributed by atoms with Crippen molar-refractivity contribution in [3.63, 3.8) is 0 Å². The van der Waals surface area contributed by atoms with Gasteiger partial charge in [-0.2, -0.15) is 5.10 Å². The number of aliphatic carboxylic acids is 1. The topological polar surface area (TPSA) is 112 Å². The predicted octanol–water partition coefficient (Wildman–Crippen LogP) is 7.17. The monoisotopic (exact) mass is 638 g/mol. The Kier molecular flexibility index (Phi) is 8.25. The summed E-state index contributed by atoms with van der Waals surface area (Å²) >= 11 is 0. The quantitative estimate of drug-likeness (QED) is 0.291. The molecule has 0 aromatic carbocycles. The molecular formula is C38H62N4O4. The molecule has 1 aromatic rings. The number of carbonyl (C=O) groups is 1. The van der Waals surface area contributed by atoms with Crippen LogP contribution in [0.5, 0.6) is 0 Å². The minimum Gasteiger partial charge on any atom is -0.481 e. The Bertz CT molecular complexity index is 1340. The number of hydrogen-bond donors (Lipinski definition) is 2. The average molecular weight is 639 g/mol. The van der Waals surface area contributed by atoms with Gasteiger partial charge in [-0.3, -0.25) is 4.79 Å². The van der Waals surface area contributed by atoms with Gasteiger partial charge in [0.2, 0.25) is 0 Å². The highest BCUT2D eigenvalue weighted by Gasteiger charge is 2.72. The summed E-state index contributed by atoms with van der Waals surface area (Å²) in [6.45, 7) is 24.5. The second-order valence-electron chi connectivity index (χ2n) is 18.4. The summed E-state index contributed by atoms with van der Waals surface area (Å²) in [6.07, 6.45) is 11.8. The minimum absolute atomic E-state index is 0.00434. The van der Waals surface area contributed by atoms with Crippen molar-refractivity contribution in [2.24, 2.45) is 68.3 Å². The van der Waals surface area contributed by atoms with Crippen LogP contribution < -0.4 is 5.73 Å². The maximum Gasteiger partial charge on any atom is 0.307 e. The van der Waals surface area contributed by atoms with E-state index in [0.717, 1.165) is 38.5 Å². The number of ether oxygens (including phenoxy) is 2. The Morgan fingerprint density at radius 2 is 1.85 bits per heavy atom. The Labute approximate surface area is 277 Å². The first-order valence-electron chi connectivity index (χ1n) is 18.1. The molecule has 6 rings (SSSR count). The van der Waals surface area contributed by atoms with E-state index in [2.05, 4.69) is 80.3 Å². The molecule has 4 fully saturated rings. The van der Waals surface area contributed by atoms with Crippen LogP contribution in [0.2, 0.25) is 0 Å². The first-order chi connectivity index (χ1) is 21.4. The molecule has 5 aliphatic rings. The number of nitrogens with two attached hydrogens (primary N) is 1. The minimum atomic E-state index is -0.613. The fourth-order valence-electron chi connectivity index (χ4n) is 12.0. The van der Waals surface area contributed by atoms with Crippen LogP contribution in [0.4, 0.5) is 0 Å². The summed E-state index contributed by atoms with van der Waals surface area (Å²) in [4.78, 5) is 17.8. The summed E-state index contributed by atoms with van der Waals surface area (Å²) in [5.41, 5.74) is 6.79. The molecule has 0 amide bonds. The summed E-state index contributed by atoms with van der Waals surface area (Å²) < 4.78 is 15.7. The molecule has 8 heteroatoms. The molecule has 1 aromatic heterocycles. The van der Waals surface area contributed by atoms with Crippen molar-refractivity contribution in [2.75, 3.05) is 19.8 Å². The molecule has 12 atom stereocenters. The van der Waals surface area contributed by atoms with Crippen LogP contribution in [0.15, 0.2) is 24.3 Å². The predicted molar refractivity (Wildman–Crippen MR) is 180 cm³/mol. The average Bonchev–Trinajstić information content (AvgIpc) is 3.51. The highest BCUT2D eigenvalue weighted by molar-refractivity contribution is 5.73. The van der Waals surface area contributed by atoms with Gasteiger partial charge in [0, 0.05) is 16.4 Å². The van der Waals surface area contributed by atoms with E-state index in [1.165, 1.54) is 5.57 Å². The second-order valence-corrected chi connectivity index (χ2v) is 18.4. The molecule has 4 aliphatic carbocycles. The van der Waals surface area contributed by atoms with Gasteiger partial charge in [-0.1, -0.05) is 74.0 Å². The smallest absolute Gasteiger partial charge is 0.307 e. The van der Waals surface area contributed by atoms with E-state index in [-0.39, 0.29) is 45.1 Å². The molecule has 1 saturated heterocycles. The first kappa shape index (κ1) is 34.1. The number of aromatic nitrogens is 3. The lowest BCUT2D eigenvalue weighted by Gasteiger charge is -2.71. The Morgan fingerprint density at radius 3 is 2.46 bits per heavy atom. The molecule has 8 nitrogen and oxygen atoms in total. The number of allylic oxidation sites excluding steroid dienone is 1. The van der Waals surface area contributed by atoms with Crippen molar-refractivity contribution in [1.29, 1.82) is 0 Å². The van der Waals surface area contributed by atoms with Gasteiger partial charge in [-0.05, 0) is 91.3 Å². The van der Waals surface area contributed by atoms with Gasteiger partial charge in [-0.25, -0.2) is 9.67 Å².